The van der Waals surface area contributed by atoms with Gasteiger partial charge in [-0.1, -0.05) is 72.3 Å². The quantitative estimate of drug-likeness (QED) is 0.352. The van der Waals surface area contributed by atoms with Crippen LogP contribution in [0.1, 0.15) is 29.2 Å². The average Bonchev–Trinajstić information content (AvgIpc) is 3.34. The molecule has 6 heteroatoms. The zero-order valence-corrected chi connectivity index (χ0v) is 20.2. The van der Waals surface area contributed by atoms with Gasteiger partial charge in [-0.2, -0.15) is 5.10 Å². The molecule has 0 radical (unpaired) electrons. The largest absolute Gasteiger partial charge is 0.497 e. The van der Waals surface area contributed by atoms with Crippen molar-refractivity contribution < 1.29 is 9.53 Å². The van der Waals surface area contributed by atoms with Crippen molar-refractivity contribution in [2.24, 2.45) is 5.10 Å². The zero-order chi connectivity index (χ0) is 24.2. The average molecular weight is 484 g/mol. The van der Waals surface area contributed by atoms with Crippen molar-refractivity contribution in [3.8, 4) is 5.75 Å². The molecule has 4 aromatic carbocycles. The molecule has 5 rings (SSSR count). The van der Waals surface area contributed by atoms with Crippen LogP contribution in [0.3, 0.4) is 0 Å². The Morgan fingerprint density at radius 2 is 1.80 bits per heavy atom. The van der Waals surface area contributed by atoms with E-state index in [1.54, 1.807) is 12.1 Å². The molecule has 0 aromatic heterocycles. The Labute approximate surface area is 210 Å². The van der Waals surface area contributed by atoms with E-state index in [2.05, 4.69) is 35.6 Å². The van der Waals surface area contributed by atoms with Gasteiger partial charge in [-0.25, -0.2) is 5.01 Å². The summed E-state index contributed by atoms with van der Waals surface area (Å²) < 4.78 is 5.31. The monoisotopic (exact) mass is 483 g/mol. The number of hydrogen-bond donors (Lipinski definition) is 1. The standard InChI is InChI=1S/C29H26ClN3O2/c1-35-26-13-11-22(12-14-26)28-17-27(24-10-9-21-6-2-3-7-23(21)16-24)32-33(28)29(34)19-31-18-20-5-4-8-25(30)15-20/h2-16,28,31H,17-19H2,1H3/t28-/m0/s1. The van der Waals surface area contributed by atoms with Gasteiger partial charge in [0.05, 0.1) is 25.4 Å². The van der Waals surface area contributed by atoms with E-state index in [4.69, 9.17) is 21.4 Å². The molecule has 0 aliphatic carbocycles. The minimum absolute atomic E-state index is 0.0800. The third kappa shape index (κ3) is 5.21. The van der Waals surface area contributed by atoms with E-state index in [0.717, 1.165) is 33.5 Å². The third-order valence-corrected chi connectivity index (χ3v) is 6.48. The molecule has 0 fully saturated rings. The number of amides is 1. The molecule has 35 heavy (non-hydrogen) atoms. The number of benzene rings is 4. The van der Waals surface area contributed by atoms with E-state index in [1.807, 2.05) is 60.7 Å². The Bertz CT molecular complexity index is 1380. The van der Waals surface area contributed by atoms with Crippen molar-refractivity contribution in [3.63, 3.8) is 0 Å². The molecule has 1 aliphatic heterocycles. The summed E-state index contributed by atoms with van der Waals surface area (Å²) in [6, 6.07) is 29.9. The number of rotatable bonds is 7. The van der Waals surface area contributed by atoms with Crippen LogP contribution in [0.25, 0.3) is 10.8 Å². The van der Waals surface area contributed by atoms with E-state index in [9.17, 15) is 4.79 Å². The van der Waals surface area contributed by atoms with Crippen LogP contribution in [-0.4, -0.2) is 30.3 Å². The lowest BCUT2D eigenvalue weighted by Crippen LogP contribution is -2.35. The molecular weight excluding hydrogens is 458 g/mol. The highest BCUT2D eigenvalue weighted by Gasteiger charge is 2.33. The van der Waals surface area contributed by atoms with Crippen molar-refractivity contribution in [3.05, 3.63) is 113 Å². The normalized spacial score (nSPS) is 15.3. The van der Waals surface area contributed by atoms with Gasteiger partial charge in [0.25, 0.3) is 5.91 Å². The minimum atomic E-state index is -0.178. The van der Waals surface area contributed by atoms with E-state index < -0.39 is 0 Å². The second-order valence-corrected chi connectivity index (χ2v) is 9.01. The van der Waals surface area contributed by atoms with E-state index >= 15 is 0 Å². The number of fused-ring (bicyclic) bond motifs is 1. The first kappa shape index (κ1) is 23.1. The van der Waals surface area contributed by atoms with Gasteiger partial charge in [0.15, 0.2) is 0 Å². The number of methoxy groups -OCH3 is 1. The summed E-state index contributed by atoms with van der Waals surface area (Å²) in [6.45, 7) is 0.724. The Morgan fingerprint density at radius 1 is 1.00 bits per heavy atom. The van der Waals surface area contributed by atoms with Crippen molar-refractivity contribution >= 4 is 34.0 Å². The Kier molecular flexibility index (Phi) is 6.80. The summed E-state index contributed by atoms with van der Waals surface area (Å²) in [7, 11) is 1.65. The fraction of sp³-hybridized carbons (Fsp3) is 0.172. The number of nitrogens with one attached hydrogen (secondary N) is 1. The maximum Gasteiger partial charge on any atom is 0.257 e. The van der Waals surface area contributed by atoms with Crippen LogP contribution in [0.15, 0.2) is 96.1 Å². The molecular formula is C29H26ClN3O2. The molecule has 0 unspecified atom stereocenters. The van der Waals surface area contributed by atoms with Gasteiger partial charge in [0, 0.05) is 18.0 Å². The maximum atomic E-state index is 13.3. The third-order valence-electron chi connectivity index (χ3n) is 6.24. The van der Waals surface area contributed by atoms with Crippen LogP contribution in [0.4, 0.5) is 0 Å². The number of halogens is 1. The molecule has 1 aliphatic rings. The van der Waals surface area contributed by atoms with Crippen molar-refractivity contribution in [1.29, 1.82) is 0 Å². The Morgan fingerprint density at radius 3 is 2.57 bits per heavy atom. The summed E-state index contributed by atoms with van der Waals surface area (Å²) >= 11 is 6.08. The maximum absolute atomic E-state index is 13.3. The van der Waals surface area contributed by atoms with Crippen molar-refractivity contribution in [2.45, 2.75) is 19.0 Å². The van der Waals surface area contributed by atoms with Crippen LogP contribution in [0.2, 0.25) is 5.02 Å². The number of ether oxygens (including phenoxy) is 1. The number of hydrazone groups is 1. The number of carbonyl (C=O) groups excluding carboxylic acids is 1. The number of hydrogen-bond acceptors (Lipinski definition) is 4. The van der Waals surface area contributed by atoms with Crippen molar-refractivity contribution in [1.82, 2.24) is 10.3 Å². The fourth-order valence-corrected chi connectivity index (χ4v) is 4.62. The molecule has 176 valence electrons. The summed E-state index contributed by atoms with van der Waals surface area (Å²) in [4.78, 5) is 13.3. The van der Waals surface area contributed by atoms with Crippen LogP contribution >= 0.6 is 11.6 Å². The lowest BCUT2D eigenvalue weighted by atomic mass is 9.97. The zero-order valence-electron chi connectivity index (χ0n) is 19.4. The molecule has 1 N–H and O–H groups in total. The molecule has 1 heterocycles. The Balaban J connectivity index is 1.38. The summed E-state index contributed by atoms with van der Waals surface area (Å²) in [5.41, 5.74) is 3.98. The molecule has 1 atom stereocenters. The van der Waals surface area contributed by atoms with Gasteiger partial charge in [-0.05, 0) is 57.8 Å². The lowest BCUT2D eigenvalue weighted by Gasteiger charge is -2.22. The number of nitrogens with zero attached hydrogens (tertiary/aromatic N) is 2. The topological polar surface area (TPSA) is 53.9 Å². The molecule has 0 bridgehead atoms. The predicted octanol–water partition coefficient (Wildman–Crippen LogP) is 5.97. The Hall–Kier alpha value is -3.67. The van der Waals surface area contributed by atoms with Crippen LogP contribution in [-0.2, 0) is 11.3 Å². The molecule has 1 amide bonds. The van der Waals surface area contributed by atoms with Gasteiger partial charge in [0.2, 0.25) is 0 Å². The second kappa shape index (κ2) is 10.3. The summed E-state index contributed by atoms with van der Waals surface area (Å²) in [5, 5.41) is 12.7. The van der Waals surface area contributed by atoms with Crippen LogP contribution in [0.5, 0.6) is 5.75 Å². The first-order valence-electron chi connectivity index (χ1n) is 11.6. The minimum Gasteiger partial charge on any atom is -0.497 e. The molecule has 0 saturated carbocycles. The van der Waals surface area contributed by atoms with E-state index in [0.29, 0.717) is 18.0 Å². The summed E-state index contributed by atoms with van der Waals surface area (Å²) in [5.74, 6) is 0.701. The van der Waals surface area contributed by atoms with Gasteiger partial charge < -0.3 is 10.1 Å². The molecule has 0 spiro atoms. The van der Waals surface area contributed by atoms with Crippen LogP contribution < -0.4 is 10.1 Å². The van der Waals surface area contributed by atoms with E-state index in [1.165, 1.54) is 5.39 Å². The number of carbonyl (C=O) groups is 1. The van der Waals surface area contributed by atoms with Crippen LogP contribution in [0, 0.1) is 0 Å². The molecule has 4 aromatic rings. The van der Waals surface area contributed by atoms with Crippen molar-refractivity contribution in [2.75, 3.05) is 13.7 Å². The smallest absolute Gasteiger partial charge is 0.257 e. The highest BCUT2D eigenvalue weighted by Crippen LogP contribution is 2.34. The van der Waals surface area contributed by atoms with E-state index in [-0.39, 0.29) is 18.5 Å². The molecule has 0 saturated heterocycles. The highest BCUT2D eigenvalue weighted by molar-refractivity contribution is 6.30. The summed E-state index contributed by atoms with van der Waals surface area (Å²) in [6.07, 6.45) is 0.644. The first-order valence-corrected chi connectivity index (χ1v) is 12.0. The van der Waals surface area contributed by atoms with Gasteiger partial charge in [-0.3, -0.25) is 4.79 Å². The fourth-order valence-electron chi connectivity index (χ4n) is 4.41. The van der Waals surface area contributed by atoms with Gasteiger partial charge in [0.1, 0.15) is 5.75 Å². The SMILES string of the molecule is COc1ccc([C@@H]2CC(c3ccc4ccccc4c3)=NN2C(=O)CNCc2cccc(Cl)c2)cc1. The molecule has 5 nitrogen and oxygen atoms in total. The first-order chi connectivity index (χ1) is 17.1. The lowest BCUT2D eigenvalue weighted by molar-refractivity contribution is -0.132. The van der Waals surface area contributed by atoms with Gasteiger partial charge >= 0.3 is 0 Å². The highest BCUT2D eigenvalue weighted by atomic mass is 35.5. The predicted molar refractivity (Wildman–Crippen MR) is 141 cm³/mol. The second-order valence-electron chi connectivity index (χ2n) is 8.57. The van der Waals surface area contributed by atoms with Gasteiger partial charge in [-0.15, -0.1) is 0 Å².